The van der Waals surface area contributed by atoms with Crippen LogP contribution in [0.5, 0.6) is 23.1 Å². The summed E-state index contributed by atoms with van der Waals surface area (Å²) in [6.07, 6.45) is 13.3. The van der Waals surface area contributed by atoms with Gasteiger partial charge < -0.3 is 64.8 Å². The number of ether oxygens (including phenoxy) is 4. The normalized spacial score (nSPS) is 11.0. The Morgan fingerprint density at radius 2 is 0.667 bits per heavy atom. The summed E-state index contributed by atoms with van der Waals surface area (Å²) in [5.41, 5.74) is 53.7. The lowest BCUT2D eigenvalue weighted by Crippen LogP contribution is -1.99. The molecule has 0 radical (unpaired) electrons. The van der Waals surface area contributed by atoms with Gasteiger partial charge in [-0.25, -0.2) is 73.6 Å². The molecule has 12 aromatic rings. The van der Waals surface area contributed by atoms with Crippen LogP contribution in [0.2, 0.25) is 0 Å². The standard InChI is InChI=1S/2C20H24FN5OS2.C20H25N5OS2.C19H24N6OS2/c1-3-5-16-14(11-28-20-25-17(22)10-18(23)26-20)24-19(29-16)12-6-7-13(21)15(9-12)27-8-4-2;1-3-5-16-15(11-28-20-25-17(22)10-18(23)26-20)24-19(29-16)12-7-13(21)9-14(8-12)27-6-4-2;1-3-6-16-15(12-27-20-24-17(21)11-18(22)25-20)23-19(28-16)13-7-5-8-14(10-13)26-9-4-2;1-3-5-14-13(11-27-19-24-15(20)10-16(21)25-19)23-18(28-14)12-6-7-22-17(9-12)26-8-4-2/h6-7,9-10H,3-5,8,11H2,1-2H3,(H4,22,23,25,26);7-10H,3-6,11H2,1-2H3,(H4,22,23,25,26);5,7-8,10-11H,3-4,6,9,12H2,1-2H3,(H4,21,22,24,25);6-7,9-10H,3-5,8,11H2,1-2H3,(H4,20,21,24,25). The van der Waals surface area contributed by atoms with Crippen molar-refractivity contribution >= 4 is 139 Å². The zero-order valence-corrected chi connectivity index (χ0v) is 71.6. The molecule has 0 spiro atoms. The SMILES string of the molecule is CCCOc1cc(-c2nc(CSc3nc(N)cc(N)n3)c(CCC)s2)ccc1F.CCCOc1cc(-c2nc(CSc3nc(N)cc(N)n3)c(CCC)s2)ccn1.CCCOc1cc(F)cc(-c2nc(CSc3nc(N)cc(N)n3)c(CCC)s2)c1.CCCOc1cccc(-c2nc(CSc3nc(N)cc(N)n3)c(CCC)s2)c1. The fourth-order valence-corrected chi connectivity index (χ4v) is 19.0. The fraction of sp³-hybridized carbons (Fsp3) is 0.354. The number of halogens is 2. The quantitative estimate of drug-likeness (QED) is 0.0134. The van der Waals surface area contributed by atoms with Gasteiger partial charge in [-0.05, 0) is 99.9 Å². The highest BCUT2D eigenvalue weighted by atomic mass is 32.2. The van der Waals surface area contributed by atoms with Crippen molar-refractivity contribution in [3.63, 3.8) is 0 Å². The minimum Gasteiger partial charge on any atom is -0.494 e. The highest BCUT2D eigenvalue weighted by Crippen LogP contribution is 2.40. The van der Waals surface area contributed by atoms with Crippen LogP contribution in [0.3, 0.4) is 0 Å². The lowest BCUT2D eigenvalue weighted by atomic mass is 10.2. The lowest BCUT2D eigenvalue weighted by Gasteiger charge is -2.07. The summed E-state index contributed by atoms with van der Waals surface area (Å²) in [6.45, 7) is 19.2. The van der Waals surface area contributed by atoms with E-state index < -0.39 is 0 Å². The third-order valence-electron chi connectivity index (χ3n) is 15.6. The van der Waals surface area contributed by atoms with Crippen molar-refractivity contribution in [2.75, 3.05) is 72.3 Å². The summed E-state index contributed by atoms with van der Waals surface area (Å²) in [7, 11) is 0. The highest BCUT2D eigenvalue weighted by molar-refractivity contribution is 7.99. The first-order valence-electron chi connectivity index (χ1n) is 37.4. The number of thiazole rings is 4. The number of hydrogen-bond acceptors (Lipinski definition) is 33. The zero-order chi connectivity index (χ0) is 81.5. The summed E-state index contributed by atoms with van der Waals surface area (Å²) in [4.78, 5) is 62.3. The number of rotatable bonds is 36. The Labute approximate surface area is 697 Å². The summed E-state index contributed by atoms with van der Waals surface area (Å²) in [5.74, 6) is 7.02. The molecule has 12 rings (SSSR count). The molecule has 9 aromatic heterocycles. The number of nitrogen functional groups attached to an aromatic ring is 8. The summed E-state index contributed by atoms with van der Waals surface area (Å²) < 4.78 is 50.6. The maximum atomic E-state index is 14.1. The third-order valence-corrected chi connectivity index (χ3v) is 23.8. The van der Waals surface area contributed by atoms with Gasteiger partial charge in [0.05, 0.1) is 49.2 Å². The molecular formula is C79H97F2N21O4S8. The first-order chi connectivity index (χ1) is 55.1. The van der Waals surface area contributed by atoms with Gasteiger partial charge in [-0.3, -0.25) is 0 Å². The van der Waals surface area contributed by atoms with Gasteiger partial charge >= 0.3 is 0 Å². The van der Waals surface area contributed by atoms with Crippen LogP contribution in [0.25, 0.3) is 42.3 Å². The van der Waals surface area contributed by atoms with E-state index in [1.807, 2.05) is 44.2 Å². The van der Waals surface area contributed by atoms with Crippen molar-refractivity contribution in [1.29, 1.82) is 0 Å². The number of pyridine rings is 1. The molecule has 0 fully saturated rings. The Kier molecular flexibility index (Phi) is 35.4. The molecule has 35 heteroatoms. The molecule has 16 N–H and O–H groups in total. The number of aryl methyl sites for hydroxylation is 4. The van der Waals surface area contributed by atoms with Crippen LogP contribution in [0.15, 0.2) is 124 Å². The van der Waals surface area contributed by atoms with Gasteiger partial charge in [0.1, 0.15) is 83.9 Å². The minimum atomic E-state index is -0.361. The van der Waals surface area contributed by atoms with E-state index in [1.54, 1.807) is 75.8 Å². The number of aromatic nitrogens is 13. The number of anilines is 8. The van der Waals surface area contributed by atoms with E-state index in [4.69, 9.17) is 84.8 Å². The van der Waals surface area contributed by atoms with Crippen LogP contribution in [-0.2, 0) is 48.7 Å². The van der Waals surface area contributed by atoms with Crippen LogP contribution < -0.4 is 64.8 Å². The molecule has 25 nitrogen and oxygen atoms in total. The predicted molar refractivity (Wildman–Crippen MR) is 469 cm³/mol. The van der Waals surface area contributed by atoms with Gasteiger partial charge in [0, 0.05) is 107 Å². The molecule has 0 saturated heterocycles. The first kappa shape index (κ1) is 88.5. The lowest BCUT2D eigenvalue weighted by molar-refractivity contribution is 0.301. The Hall–Kier alpha value is -9.49. The van der Waals surface area contributed by atoms with Gasteiger partial charge in [0.15, 0.2) is 32.2 Å². The molecule has 0 aliphatic rings. The van der Waals surface area contributed by atoms with Gasteiger partial charge in [0.2, 0.25) is 5.88 Å². The van der Waals surface area contributed by atoms with E-state index in [0.29, 0.717) is 128 Å². The predicted octanol–water partition coefficient (Wildman–Crippen LogP) is 18.9. The van der Waals surface area contributed by atoms with Crippen molar-refractivity contribution < 1.29 is 27.7 Å². The number of nitrogens with two attached hydrogens (primary N) is 8. The Balaban J connectivity index is 0.000000174. The molecule has 0 aliphatic carbocycles. The molecule has 604 valence electrons. The molecule has 0 saturated carbocycles. The smallest absolute Gasteiger partial charge is 0.213 e. The average molecular weight is 1700 g/mol. The topological polar surface area (TPSA) is 413 Å². The van der Waals surface area contributed by atoms with Crippen LogP contribution in [-0.4, -0.2) is 91.2 Å². The Morgan fingerprint density at radius 1 is 0.325 bits per heavy atom. The zero-order valence-electron chi connectivity index (χ0n) is 65.0. The maximum Gasteiger partial charge on any atom is 0.213 e. The van der Waals surface area contributed by atoms with Gasteiger partial charge in [-0.15, -0.1) is 45.3 Å². The second-order valence-electron chi connectivity index (χ2n) is 25.3. The molecule has 0 bridgehead atoms. The monoisotopic (exact) mass is 1700 g/mol. The molecular weight excluding hydrogens is 1600 g/mol. The largest absolute Gasteiger partial charge is 0.494 e. The van der Waals surface area contributed by atoms with Crippen LogP contribution in [0, 0.1) is 11.6 Å². The van der Waals surface area contributed by atoms with E-state index in [1.165, 1.54) is 96.9 Å². The van der Waals surface area contributed by atoms with Crippen LogP contribution in [0.4, 0.5) is 55.3 Å². The van der Waals surface area contributed by atoms with Gasteiger partial charge in [0.25, 0.3) is 0 Å². The van der Waals surface area contributed by atoms with E-state index in [0.717, 1.165) is 148 Å². The van der Waals surface area contributed by atoms with Crippen molar-refractivity contribution in [3.8, 4) is 65.4 Å². The summed E-state index contributed by atoms with van der Waals surface area (Å²) in [5, 5.41) is 5.77. The molecule has 0 atom stereocenters. The second kappa shape index (κ2) is 45.6. The third kappa shape index (κ3) is 27.6. The number of benzene rings is 3. The van der Waals surface area contributed by atoms with E-state index in [-0.39, 0.29) is 17.4 Å². The van der Waals surface area contributed by atoms with Crippen molar-refractivity contribution in [3.05, 3.63) is 157 Å². The molecule has 3 aromatic carbocycles. The summed E-state index contributed by atoms with van der Waals surface area (Å²) in [6, 6.07) is 27.8. The average Bonchev–Trinajstić information content (AvgIpc) is 1.71. The number of thioether (sulfide) groups is 4. The van der Waals surface area contributed by atoms with Crippen molar-refractivity contribution in [1.82, 2.24) is 64.8 Å². The fourth-order valence-electron chi connectivity index (χ4n) is 10.5. The molecule has 0 aliphatic heterocycles. The van der Waals surface area contributed by atoms with Crippen LogP contribution >= 0.6 is 92.4 Å². The Bertz CT molecular complexity index is 4820. The molecule has 0 unspecified atom stereocenters. The number of nitrogens with zero attached hydrogens (tertiary/aromatic N) is 13. The minimum absolute atomic E-state index is 0.260. The maximum absolute atomic E-state index is 14.1. The van der Waals surface area contributed by atoms with E-state index in [2.05, 4.69) is 98.5 Å². The second-order valence-corrected chi connectivity index (χ2v) is 33.4. The first-order valence-corrected chi connectivity index (χ1v) is 44.6. The molecule has 114 heavy (non-hydrogen) atoms. The van der Waals surface area contributed by atoms with Gasteiger partial charge in [-0.1, -0.05) is 140 Å². The van der Waals surface area contributed by atoms with Crippen molar-refractivity contribution in [2.45, 2.75) is 176 Å². The number of hydrogen-bond donors (Lipinski definition) is 8. The van der Waals surface area contributed by atoms with Gasteiger partial charge in [-0.2, -0.15) is 0 Å². The molecule has 0 amide bonds. The molecule has 9 heterocycles. The van der Waals surface area contributed by atoms with E-state index in [9.17, 15) is 8.78 Å². The summed E-state index contributed by atoms with van der Waals surface area (Å²) >= 11 is 12.5. The Morgan fingerprint density at radius 3 is 1.05 bits per heavy atom. The van der Waals surface area contributed by atoms with Crippen molar-refractivity contribution in [2.24, 2.45) is 0 Å². The van der Waals surface area contributed by atoms with Crippen LogP contribution in [0.1, 0.15) is 149 Å². The highest BCUT2D eigenvalue weighted by Gasteiger charge is 2.21. The van der Waals surface area contributed by atoms with E-state index >= 15 is 0 Å².